The average molecular weight is 928 g/mol. The largest absolute Gasteiger partial charge is 0.509 e. The fourth-order valence-electron chi connectivity index (χ4n) is 7.16. The number of benzene rings is 5. The lowest BCUT2D eigenvalue weighted by molar-refractivity contribution is 0.252. The van der Waals surface area contributed by atoms with E-state index < -0.39 is 201 Å². The minimum Gasteiger partial charge on any atom is -0.509 e. The van der Waals surface area contributed by atoms with Gasteiger partial charge in [-0.05, 0) is 18.0 Å². The van der Waals surface area contributed by atoms with Crippen LogP contribution in [0.2, 0.25) is 0 Å². The highest BCUT2D eigenvalue weighted by atomic mass is 16.4. The topological polar surface area (TPSA) is 489 Å². The zero-order valence-electron chi connectivity index (χ0n) is 33.6. The number of phenolic OH excluding ortho intramolecular Hbond substituents is 18. The molecule has 350 valence electrons. The van der Waals surface area contributed by atoms with E-state index in [4.69, 9.17) is 0 Å². The Kier molecular flexibility index (Phi) is 12.1. The molecule has 0 atom stereocenters. The quantitative estimate of drug-likeness (QED) is 0.0296. The summed E-state index contributed by atoms with van der Waals surface area (Å²) in [6.07, 6.45) is 0.366. The molecule has 5 aromatic carbocycles. The van der Waals surface area contributed by atoms with Crippen molar-refractivity contribution in [2.45, 2.75) is 20.0 Å². The number of allylic oxidation sites excluding steroid dienone is 2. The van der Waals surface area contributed by atoms with Crippen molar-refractivity contribution in [1.29, 1.82) is 0 Å². The molecule has 0 aliphatic carbocycles. The van der Waals surface area contributed by atoms with Crippen molar-refractivity contribution in [2.24, 2.45) is 0 Å². The van der Waals surface area contributed by atoms with Crippen LogP contribution in [0.15, 0.2) is 29.9 Å². The molecule has 24 N–H and O–H groups in total. The Labute approximate surface area is 367 Å². The smallest absolute Gasteiger partial charge is 0.208 e. The Hall–Kier alpha value is -9.30. The molecule has 25 nitrogen and oxygen atoms in total. The second-order valence-corrected chi connectivity index (χ2v) is 13.9. The van der Waals surface area contributed by atoms with Gasteiger partial charge in [-0.15, -0.1) is 0 Å². The fraction of sp³-hybridized carbons (Fsp3) is 0.100. The standard InChI is InChI=1S/C40H38BNO24/c1-3-7-8(5-43)21(47)18(34(60)22(7)48)42(19-33(59)17(41)12(24(50)35(19)61)11(10(46)6-44)23(49)9(45)4-2)20-36(62)29(55)15(30(56)37(20)63)13-25(51)27(53)14(28(54)26(13)52)16-31(57)38(64)40(66)39(65)32(16)58/h4,43-66H,2-3,5-6,41H2,1H3/b11-10+,23-9-. The van der Waals surface area contributed by atoms with Crippen molar-refractivity contribution < 1.29 is 123 Å². The van der Waals surface area contributed by atoms with Crippen molar-refractivity contribution in [3.8, 4) is 131 Å². The summed E-state index contributed by atoms with van der Waals surface area (Å²) >= 11 is 0. The van der Waals surface area contributed by atoms with E-state index >= 15 is 0 Å². The minimum absolute atomic E-state index is 0.0721. The van der Waals surface area contributed by atoms with Gasteiger partial charge in [-0.3, -0.25) is 4.90 Å². The molecule has 0 amide bonds. The molecule has 5 rings (SSSR count). The molecule has 5 aromatic rings. The molecule has 0 aromatic heterocycles. The third kappa shape index (κ3) is 6.59. The number of phenols is 19. The summed E-state index contributed by atoms with van der Waals surface area (Å²) in [5.41, 5.74) is -14.3. The highest BCUT2D eigenvalue weighted by Gasteiger charge is 2.41. The highest BCUT2D eigenvalue weighted by Crippen LogP contribution is 2.68. The average Bonchev–Trinajstić information content (AvgIpc) is 3.29. The monoisotopic (exact) mass is 927 g/mol. The Bertz CT molecular complexity index is 2880. The highest BCUT2D eigenvalue weighted by molar-refractivity contribution is 6.38. The molecule has 66 heavy (non-hydrogen) atoms. The Morgan fingerprint density at radius 1 is 0.455 bits per heavy atom. The number of nitrogens with zero attached hydrogens (tertiary/aromatic N) is 1. The van der Waals surface area contributed by atoms with Crippen LogP contribution in [-0.2, 0) is 13.0 Å². The number of anilines is 3. The van der Waals surface area contributed by atoms with E-state index in [9.17, 15) is 123 Å². The van der Waals surface area contributed by atoms with E-state index in [1.165, 1.54) is 6.92 Å². The van der Waals surface area contributed by atoms with E-state index in [0.29, 0.717) is 6.08 Å². The van der Waals surface area contributed by atoms with E-state index in [1.54, 1.807) is 0 Å². The molecule has 0 saturated carbocycles. The zero-order valence-corrected chi connectivity index (χ0v) is 33.6. The summed E-state index contributed by atoms with van der Waals surface area (Å²) in [6.45, 7) is 2.04. The van der Waals surface area contributed by atoms with Crippen LogP contribution in [-0.4, -0.2) is 137 Å². The lowest BCUT2D eigenvalue weighted by atomic mass is 9.82. The maximum Gasteiger partial charge on any atom is 0.208 e. The predicted molar refractivity (Wildman–Crippen MR) is 226 cm³/mol. The van der Waals surface area contributed by atoms with Crippen molar-refractivity contribution in [3.05, 3.63) is 46.6 Å². The normalized spacial score (nSPS) is 12.2. The van der Waals surface area contributed by atoms with Gasteiger partial charge >= 0.3 is 0 Å². The van der Waals surface area contributed by atoms with Crippen molar-refractivity contribution in [2.75, 3.05) is 11.5 Å². The third-order valence-corrected chi connectivity index (χ3v) is 10.4. The number of aliphatic hydroxyl groups is 5. The molecular formula is C40H38BNO24. The van der Waals surface area contributed by atoms with Gasteiger partial charge in [0.15, 0.2) is 92.0 Å². The van der Waals surface area contributed by atoms with Crippen LogP contribution in [0.3, 0.4) is 0 Å². The number of aliphatic hydroxyl groups excluding tert-OH is 5. The molecule has 0 spiro atoms. The Morgan fingerprint density at radius 2 is 0.788 bits per heavy atom. The molecule has 0 unspecified atom stereocenters. The van der Waals surface area contributed by atoms with Crippen molar-refractivity contribution in [1.82, 2.24) is 0 Å². The maximum absolute atomic E-state index is 11.8. The van der Waals surface area contributed by atoms with Crippen LogP contribution in [0.5, 0.6) is 109 Å². The molecule has 0 bridgehead atoms. The second kappa shape index (κ2) is 16.8. The second-order valence-electron chi connectivity index (χ2n) is 13.9. The summed E-state index contributed by atoms with van der Waals surface area (Å²) in [6, 6.07) is 0. The number of rotatable bonds is 11. The molecule has 0 saturated heterocycles. The van der Waals surface area contributed by atoms with E-state index in [2.05, 4.69) is 6.58 Å². The third-order valence-electron chi connectivity index (χ3n) is 10.4. The summed E-state index contributed by atoms with van der Waals surface area (Å²) in [5.74, 6) is -34.9. The summed E-state index contributed by atoms with van der Waals surface area (Å²) < 4.78 is 0. The van der Waals surface area contributed by atoms with Crippen LogP contribution in [0.4, 0.5) is 17.1 Å². The molecule has 0 radical (unpaired) electrons. The van der Waals surface area contributed by atoms with E-state index in [0.717, 1.165) is 7.85 Å². The molecule has 26 heteroatoms. The van der Waals surface area contributed by atoms with Crippen LogP contribution in [0.1, 0.15) is 23.6 Å². The van der Waals surface area contributed by atoms with Gasteiger partial charge in [0.2, 0.25) is 17.2 Å². The molecule has 0 heterocycles. The van der Waals surface area contributed by atoms with Gasteiger partial charge in [0.05, 0.1) is 34.4 Å². The first-order valence-corrected chi connectivity index (χ1v) is 18.2. The summed E-state index contributed by atoms with van der Waals surface area (Å²) in [4.78, 5) is -0.0721. The first-order valence-electron chi connectivity index (χ1n) is 18.2. The Morgan fingerprint density at radius 3 is 1.17 bits per heavy atom. The number of hydrogen-bond donors (Lipinski definition) is 24. The van der Waals surface area contributed by atoms with Gasteiger partial charge in [0.25, 0.3) is 0 Å². The van der Waals surface area contributed by atoms with Crippen LogP contribution in [0.25, 0.3) is 27.8 Å². The van der Waals surface area contributed by atoms with E-state index in [-0.39, 0.29) is 16.9 Å². The maximum atomic E-state index is 11.8. The van der Waals surface area contributed by atoms with Crippen LogP contribution < -0.4 is 10.4 Å². The van der Waals surface area contributed by atoms with Crippen molar-refractivity contribution in [3.63, 3.8) is 0 Å². The van der Waals surface area contributed by atoms with Gasteiger partial charge in [-0.25, -0.2) is 0 Å². The molecule has 0 aliphatic rings. The van der Waals surface area contributed by atoms with Gasteiger partial charge in [0, 0.05) is 16.7 Å². The van der Waals surface area contributed by atoms with Gasteiger partial charge in [-0.2, -0.15) is 0 Å². The van der Waals surface area contributed by atoms with E-state index in [1.807, 2.05) is 0 Å². The minimum atomic E-state index is -1.88. The van der Waals surface area contributed by atoms with Crippen LogP contribution >= 0.6 is 0 Å². The van der Waals surface area contributed by atoms with Gasteiger partial charge < -0.3 is 123 Å². The molecule has 0 aliphatic heterocycles. The summed E-state index contributed by atoms with van der Waals surface area (Å²) in [5, 5.41) is 262. The zero-order chi connectivity index (χ0) is 50.0. The van der Waals surface area contributed by atoms with Gasteiger partial charge in [-0.1, -0.05) is 13.5 Å². The SMILES string of the molecule is Bc1c(O)c(N(c2c(O)c(O)c(-c3c(O)c(O)c(-c4c(O)c(O)c(O)c(O)c4O)c(O)c3O)c(O)c2O)c2c(O)c(O)c(CC)c(CO)c2O)c(O)c(O)c1C(/C(O)=C(/O)C=C)=C(\O)CO. The van der Waals surface area contributed by atoms with Crippen molar-refractivity contribution >= 4 is 35.9 Å². The lowest BCUT2D eigenvalue weighted by Crippen LogP contribution is -2.20. The fourth-order valence-corrected chi connectivity index (χ4v) is 7.16. The van der Waals surface area contributed by atoms with Crippen LogP contribution in [0, 0.1) is 0 Å². The Balaban J connectivity index is 2.01. The number of hydrogen-bond acceptors (Lipinski definition) is 25. The number of aromatic hydroxyl groups is 19. The predicted octanol–water partition coefficient (Wildman–Crippen LogP) is 1.98. The lowest BCUT2D eigenvalue weighted by Gasteiger charge is -2.32. The molecular weight excluding hydrogens is 889 g/mol. The summed E-state index contributed by atoms with van der Waals surface area (Å²) in [7, 11) is 0.858. The van der Waals surface area contributed by atoms with Gasteiger partial charge in [0.1, 0.15) is 48.8 Å². The first-order chi connectivity index (χ1) is 30.7. The molecule has 0 fully saturated rings. The first kappa shape index (κ1) is 47.7.